The molecule has 0 amide bonds. The second-order valence-electron chi connectivity index (χ2n) is 5.78. The summed E-state index contributed by atoms with van der Waals surface area (Å²) >= 11 is 0. The summed E-state index contributed by atoms with van der Waals surface area (Å²) in [5.74, 6) is 0.579. The average Bonchev–Trinajstić information content (AvgIpc) is 2.67. The summed E-state index contributed by atoms with van der Waals surface area (Å²) < 4.78 is 18.1. The van der Waals surface area contributed by atoms with Crippen molar-refractivity contribution < 1.29 is 14.2 Å². The number of pyridine rings is 1. The third-order valence-electron chi connectivity index (χ3n) is 4.07. The number of nitrogens with one attached hydrogen (secondary N) is 1. The molecule has 0 aliphatic heterocycles. The molecular formula is C20H21FN2O2. The molecule has 5 heteroatoms. The zero-order chi connectivity index (χ0) is 17.6. The van der Waals surface area contributed by atoms with Crippen molar-refractivity contribution in [3.8, 4) is 17.0 Å². The molecule has 0 radical (unpaired) electrons. The van der Waals surface area contributed by atoms with E-state index in [0.717, 1.165) is 27.8 Å². The Kier molecular flexibility index (Phi) is 5.46. The Morgan fingerprint density at radius 3 is 2.56 bits per heavy atom. The lowest BCUT2D eigenvalue weighted by Crippen LogP contribution is -2.21. The molecule has 1 atom stereocenters. The van der Waals surface area contributed by atoms with Gasteiger partial charge in [0, 0.05) is 36.2 Å². The number of aromatic nitrogens is 1. The van der Waals surface area contributed by atoms with Gasteiger partial charge in [0.25, 0.3) is 0 Å². The lowest BCUT2D eigenvalue weighted by molar-refractivity contribution is 0.102. The number of halogens is 1. The molecule has 0 saturated heterocycles. The molecule has 1 unspecified atom stereocenters. The monoisotopic (exact) mass is 340 g/mol. The maximum atomic E-state index is 12.5. The predicted molar refractivity (Wildman–Crippen MR) is 98.8 cm³/mol. The Bertz CT molecular complexity index is 837. The van der Waals surface area contributed by atoms with Crippen LogP contribution < -0.4 is 10.1 Å². The number of ether oxygens (including phenoxy) is 1. The van der Waals surface area contributed by atoms with Crippen molar-refractivity contribution in [3.05, 3.63) is 54.6 Å². The Balaban J connectivity index is 1.89. The van der Waals surface area contributed by atoms with Crippen LogP contribution in [-0.2, 0) is 0 Å². The SMILES string of the molecule is CNc1ccc(-c2ccc3ccc(OC(CO)CCF)cc3n2)cc1. The minimum Gasteiger partial charge on any atom is -0.488 e. The van der Waals surface area contributed by atoms with Gasteiger partial charge >= 0.3 is 0 Å². The summed E-state index contributed by atoms with van der Waals surface area (Å²) in [6.45, 7) is -0.739. The van der Waals surface area contributed by atoms with Crippen LogP contribution in [0.3, 0.4) is 0 Å². The van der Waals surface area contributed by atoms with E-state index >= 15 is 0 Å². The molecule has 0 fully saturated rings. The second kappa shape index (κ2) is 7.94. The molecule has 0 bridgehead atoms. The van der Waals surface area contributed by atoms with E-state index in [1.807, 2.05) is 61.6 Å². The Morgan fingerprint density at radius 1 is 1.12 bits per heavy atom. The van der Waals surface area contributed by atoms with E-state index in [9.17, 15) is 9.50 Å². The van der Waals surface area contributed by atoms with E-state index in [-0.39, 0.29) is 13.0 Å². The van der Waals surface area contributed by atoms with Crippen LogP contribution in [0.2, 0.25) is 0 Å². The number of aliphatic hydroxyl groups is 1. The molecule has 130 valence electrons. The smallest absolute Gasteiger partial charge is 0.124 e. The number of hydrogen-bond donors (Lipinski definition) is 2. The Hall–Kier alpha value is -2.66. The lowest BCUT2D eigenvalue weighted by atomic mass is 10.1. The number of anilines is 1. The number of aliphatic hydroxyl groups excluding tert-OH is 1. The molecule has 0 spiro atoms. The van der Waals surface area contributed by atoms with Gasteiger partial charge in [-0.3, -0.25) is 4.39 Å². The van der Waals surface area contributed by atoms with E-state index < -0.39 is 12.8 Å². The summed E-state index contributed by atoms with van der Waals surface area (Å²) in [6.07, 6.45) is -0.375. The lowest BCUT2D eigenvalue weighted by Gasteiger charge is -2.15. The van der Waals surface area contributed by atoms with Gasteiger partial charge < -0.3 is 15.2 Å². The number of fused-ring (bicyclic) bond motifs is 1. The van der Waals surface area contributed by atoms with Gasteiger partial charge in [0.15, 0.2) is 0 Å². The van der Waals surface area contributed by atoms with Gasteiger partial charge in [-0.1, -0.05) is 18.2 Å². The van der Waals surface area contributed by atoms with Gasteiger partial charge in [0.1, 0.15) is 11.9 Å². The average molecular weight is 340 g/mol. The minimum atomic E-state index is -0.542. The fourth-order valence-electron chi connectivity index (χ4n) is 2.64. The summed E-state index contributed by atoms with van der Waals surface area (Å²) in [4.78, 5) is 4.70. The first-order chi connectivity index (χ1) is 12.2. The van der Waals surface area contributed by atoms with E-state index in [0.29, 0.717) is 5.75 Å². The van der Waals surface area contributed by atoms with Crippen LogP contribution >= 0.6 is 0 Å². The Labute approximate surface area is 146 Å². The van der Waals surface area contributed by atoms with Gasteiger partial charge in [0.05, 0.1) is 24.5 Å². The summed E-state index contributed by atoms with van der Waals surface area (Å²) in [5.41, 5.74) is 3.74. The van der Waals surface area contributed by atoms with Gasteiger partial charge in [-0.15, -0.1) is 0 Å². The minimum absolute atomic E-state index is 0.166. The number of benzene rings is 2. The molecule has 0 saturated carbocycles. The molecule has 25 heavy (non-hydrogen) atoms. The van der Waals surface area contributed by atoms with Crippen LogP contribution in [0.25, 0.3) is 22.2 Å². The van der Waals surface area contributed by atoms with Crippen molar-refractivity contribution in [2.45, 2.75) is 12.5 Å². The third kappa shape index (κ3) is 4.06. The highest BCUT2D eigenvalue weighted by Crippen LogP contribution is 2.25. The van der Waals surface area contributed by atoms with Crippen LogP contribution in [0, 0.1) is 0 Å². The van der Waals surface area contributed by atoms with E-state index in [4.69, 9.17) is 9.72 Å². The van der Waals surface area contributed by atoms with Crippen LogP contribution in [0.15, 0.2) is 54.6 Å². The fraction of sp³-hybridized carbons (Fsp3) is 0.250. The molecule has 2 N–H and O–H groups in total. The predicted octanol–water partition coefficient (Wildman–Crippen LogP) is 4.04. The molecule has 2 aromatic carbocycles. The van der Waals surface area contributed by atoms with Crippen LogP contribution in [0.5, 0.6) is 5.75 Å². The maximum Gasteiger partial charge on any atom is 0.124 e. The topological polar surface area (TPSA) is 54.4 Å². The molecule has 0 aliphatic carbocycles. The zero-order valence-corrected chi connectivity index (χ0v) is 14.1. The summed E-state index contributed by atoms with van der Waals surface area (Å²) in [5, 5.41) is 13.3. The summed E-state index contributed by atoms with van der Waals surface area (Å²) in [7, 11) is 1.88. The van der Waals surface area contributed by atoms with Crippen LogP contribution in [-0.4, -0.2) is 36.5 Å². The highest BCUT2D eigenvalue weighted by Gasteiger charge is 2.10. The van der Waals surface area contributed by atoms with Crippen molar-refractivity contribution in [1.29, 1.82) is 0 Å². The summed E-state index contributed by atoms with van der Waals surface area (Å²) in [6, 6.07) is 17.6. The van der Waals surface area contributed by atoms with Crippen LogP contribution in [0.4, 0.5) is 10.1 Å². The fourth-order valence-corrected chi connectivity index (χ4v) is 2.64. The highest BCUT2D eigenvalue weighted by atomic mass is 19.1. The molecule has 0 aliphatic rings. The number of alkyl halides is 1. The molecule has 4 nitrogen and oxygen atoms in total. The Morgan fingerprint density at radius 2 is 1.88 bits per heavy atom. The van der Waals surface area contributed by atoms with Crippen molar-refractivity contribution in [2.24, 2.45) is 0 Å². The number of rotatable bonds is 7. The van der Waals surface area contributed by atoms with Gasteiger partial charge in [0.2, 0.25) is 0 Å². The van der Waals surface area contributed by atoms with E-state index in [1.54, 1.807) is 0 Å². The largest absolute Gasteiger partial charge is 0.488 e. The first-order valence-electron chi connectivity index (χ1n) is 8.26. The number of nitrogens with zero attached hydrogens (tertiary/aromatic N) is 1. The molecule has 3 aromatic rings. The number of hydrogen-bond acceptors (Lipinski definition) is 4. The van der Waals surface area contributed by atoms with Gasteiger partial charge in [-0.25, -0.2) is 4.98 Å². The molecular weight excluding hydrogens is 319 g/mol. The van der Waals surface area contributed by atoms with E-state index in [2.05, 4.69) is 5.32 Å². The van der Waals surface area contributed by atoms with Crippen molar-refractivity contribution in [2.75, 3.05) is 25.6 Å². The van der Waals surface area contributed by atoms with E-state index in [1.165, 1.54) is 0 Å². The normalized spacial score (nSPS) is 12.1. The molecule has 3 rings (SSSR count). The zero-order valence-electron chi connectivity index (χ0n) is 14.1. The maximum absolute atomic E-state index is 12.5. The highest BCUT2D eigenvalue weighted by molar-refractivity contribution is 5.83. The first kappa shape index (κ1) is 17.2. The third-order valence-corrected chi connectivity index (χ3v) is 4.07. The van der Waals surface area contributed by atoms with Gasteiger partial charge in [-0.05, 0) is 30.3 Å². The molecule has 1 heterocycles. The van der Waals surface area contributed by atoms with Crippen molar-refractivity contribution >= 4 is 16.6 Å². The standard InChI is InChI=1S/C20H21FN2O2/c1-22-16-6-2-14(3-7-16)19-9-5-15-4-8-17(12-20(15)23-19)25-18(13-24)10-11-21/h2-9,12,18,22,24H,10-11,13H2,1H3. The van der Waals surface area contributed by atoms with Crippen LogP contribution in [0.1, 0.15) is 6.42 Å². The van der Waals surface area contributed by atoms with Gasteiger partial charge in [-0.2, -0.15) is 0 Å². The first-order valence-corrected chi connectivity index (χ1v) is 8.26. The van der Waals surface area contributed by atoms with Crippen molar-refractivity contribution in [3.63, 3.8) is 0 Å². The van der Waals surface area contributed by atoms with Crippen molar-refractivity contribution in [1.82, 2.24) is 4.98 Å². The molecule has 1 aromatic heterocycles. The second-order valence-corrected chi connectivity index (χ2v) is 5.78. The quantitative estimate of drug-likeness (QED) is 0.681.